The fraction of sp³-hybridized carbons (Fsp3) is 0.391. The molecule has 0 bridgehead atoms. The fourth-order valence-corrected chi connectivity index (χ4v) is 6.98. The Morgan fingerprint density at radius 2 is 1.91 bits per heavy atom. The van der Waals surface area contributed by atoms with Crippen LogP contribution in [0.4, 0.5) is 5.69 Å². The van der Waals surface area contributed by atoms with Gasteiger partial charge in [0, 0.05) is 26.2 Å². The van der Waals surface area contributed by atoms with Crippen molar-refractivity contribution in [2.75, 3.05) is 49.7 Å². The van der Waals surface area contributed by atoms with Crippen molar-refractivity contribution < 1.29 is 17.9 Å². The van der Waals surface area contributed by atoms with Crippen LogP contribution in [0.25, 0.3) is 10.6 Å². The van der Waals surface area contributed by atoms with E-state index in [9.17, 15) is 13.2 Å². The molecular formula is C23H26N4O4S2. The monoisotopic (exact) mass is 486 g/mol. The van der Waals surface area contributed by atoms with Crippen molar-refractivity contribution in [3.8, 4) is 16.3 Å². The predicted octanol–water partition coefficient (Wildman–Crippen LogP) is 2.94. The zero-order valence-corrected chi connectivity index (χ0v) is 20.0. The number of thiophene rings is 1. The van der Waals surface area contributed by atoms with Gasteiger partial charge in [-0.15, -0.1) is 11.3 Å². The molecule has 0 N–H and O–H groups in total. The van der Waals surface area contributed by atoms with Gasteiger partial charge in [-0.25, -0.2) is 8.42 Å². The Hall–Kier alpha value is -2.85. The molecule has 0 unspecified atom stereocenters. The van der Waals surface area contributed by atoms with Crippen molar-refractivity contribution in [1.29, 1.82) is 0 Å². The number of nitrogens with zero attached hydrogens (tertiary/aromatic N) is 4. The average Bonchev–Trinajstić information content (AvgIpc) is 3.58. The van der Waals surface area contributed by atoms with Crippen LogP contribution in [0.5, 0.6) is 5.75 Å². The highest BCUT2D eigenvalue weighted by Crippen LogP contribution is 2.33. The van der Waals surface area contributed by atoms with E-state index in [1.165, 1.54) is 0 Å². The zero-order valence-electron chi connectivity index (χ0n) is 18.4. The van der Waals surface area contributed by atoms with E-state index < -0.39 is 9.84 Å². The van der Waals surface area contributed by atoms with Crippen LogP contribution in [-0.4, -0.2) is 73.8 Å². The molecule has 2 saturated heterocycles. The molecule has 0 spiro atoms. The number of amides is 1. The summed E-state index contributed by atoms with van der Waals surface area (Å²) in [5.74, 6) is 0.934. The third kappa shape index (κ3) is 4.37. The minimum atomic E-state index is -3.07. The molecule has 0 saturated carbocycles. The Morgan fingerprint density at radius 3 is 2.58 bits per heavy atom. The summed E-state index contributed by atoms with van der Waals surface area (Å²) in [5, 5.41) is 6.60. The first kappa shape index (κ1) is 22.0. The van der Waals surface area contributed by atoms with Gasteiger partial charge in [-0.2, -0.15) is 5.10 Å². The molecule has 1 aromatic carbocycles. The predicted molar refractivity (Wildman–Crippen MR) is 129 cm³/mol. The second-order valence-electron chi connectivity index (χ2n) is 8.34. The van der Waals surface area contributed by atoms with E-state index >= 15 is 0 Å². The number of para-hydroxylation sites is 2. The molecule has 0 radical (unpaired) electrons. The highest BCUT2D eigenvalue weighted by Gasteiger charge is 2.33. The molecular weight excluding hydrogens is 460 g/mol. The standard InChI is InChI=1S/C23H26N4O4S2/c1-31-21-6-3-2-5-19(21)25-9-11-26(12-10-25)23(28)18-15-20(22-7-4-13-32-22)27(24-18)17-8-14-33(29,30)16-17/h2-7,13,15,17H,8-12,14,16H2,1H3/t17-/m0/s1. The van der Waals surface area contributed by atoms with E-state index in [1.54, 1.807) is 23.1 Å². The Morgan fingerprint density at radius 1 is 1.12 bits per heavy atom. The van der Waals surface area contributed by atoms with Crippen molar-refractivity contribution in [1.82, 2.24) is 14.7 Å². The zero-order chi connectivity index (χ0) is 23.0. The molecule has 2 aliphatic rings. The van der Waals surface area contributed by atoms with Crippen LogP contribution >= 0.6 is 11.3 Å². The first-order chi connectivity index (χ1) is 15.9. The number of benzene rings is 1. The highest BCUT2D eigenvalue weighted by atomic mass is 32.2. The molecule has 2 aliphatic heterocycles. The number of methoxy groups -OCH3 is 1. The smallest absolute Gasteiger partial charge is 0.274 e. The summed E-state index contributed by atoms with van der Waals surface area (Å²) in [5.41, 5.74) is 2.20. The van der Waals surface area contributed by atoms with Crippen molar-refractivity contribution in [3.05, 3.63) is 53.5 Å². The number of piperazine rings is 1. The number of rotatable bonds is 5. The van der Waals surface area contributed by atoms with Gasteiger partial charge < -0.3 is 14.5 Å². The lowest BCUT2D eigenvalue weighted by Crippen LogP contribution is -2.49. The van der Waals surface area contributed by atoms with Crippen LogP contribution in [0.3, 0.4) is 0 Å². The van der Waals surface area contributed by atoms with Crippen molar-refractivity contribution in [2.24, 2.45) is 0 Å². The maximum absolute atomic E-state index is 13.3. The van der Waals surface area contributed by atoms with Crippen LogP contribution in [-0.2, 0) is 9.84 Å². The van der Waals surface area contributed by atoms with E-state index in [-0.39, 0.29) is 23.5 Å². The number of hydrogen-bond donors (Lipinski definition) is 0. The van der Waals surface area contributed by atoms with Gasteiger partial charge in [-0.1, -0.05) is 18.2 Å². The van der Waals surface area contributed by atoms with Gasteiger partial charge in [0.25, 0.3) is 5.91 Å². The molecule has 8 nitrogen and oxygen atoms in total. The number of anilines is 1. The molecule has 2 aromatic heterocycles. The molecule has 5 rings (SSSR count). The second kappa shape index (κ2) is 8.83. The molecule has 10 heteroatoms. The number of carbonyl (C=O) groups is 1. The molecule has 0 aliphatic carbocycles. The molecule has 1 atom stereocenters. The number of ether oxygens (including phenoxy) is 1. The van der Waals surface area contributed by atoms with Gasteiger partial charge >= 0.3 is 0 Å². The van der Waals surface area contributed by atoms with E-state index in [4.69, 9.17) is 4.74 Å². The van der Waals surface area contributed by atoms with Gasteiger partial charge in [0.1, 0.15) is 5.75 Å². The van der Waals surface area contributed by atoms with Crippen molar-refractivity contribution >= 4 is 32.8 Å². The first-order valence-corrected chi connectivity index (χ1v) is 13.7. The SMILES string of the molecule is COc1ccccc1N1CCN(C(=O)c2cc(-c3cccs3)n([C@H]3CCS(=O)(=O)C3)n2)CC1. The van der Waals surface area contributed by atoms with Crippen molar-refractivity contribution in [2.45, 2.75) is 12.5 Å². The number of carbonyl (C=O) groups excluding carboxylic acids is 1. The van der Waals surface area contributed by atoms with Crippen LogP contribution in [0.2, 0.25) is 0 Å². The molecule has 174 valence electrons. The minimum Gasteiger partial charge on any atom is -0.495 e. The quantitative estimate of drug-likeness (QED) is 0.551. The van der Waals surface area contributed by atoms with E-state index in [0.717, 1.165) is 22.0 Å². The Labute approximate surface area is 197 Å². The lowest BCUT2D eigenvalue weighted by atomic mass is 10.2. The largest absolute Gasteiger partial charge is 0.495 e. The normalized spacial score (nSPS) is 20.2. The summed E-state index contributed by atoms with van der Waals surface area (Å²) < 4.78 is 31.4. The molecule has 33 heavy (non-hydrogen) atoms. The first-order valence-electron chi connectivity index (χ1n) is 11.0. The molecule has 4 heterocycles. The van der Waals surface area contributed by atoms with E-state index in [1.807, 2.05) is 52.7 Å². The molecule has 2 fully saturated rings. The topological polar surface area (TPSA) is 84.7 Å². The maximum Gasteiger partial charge on any atom is 0.274 e. The van der Waals surface area contributed by atoms with Crippen LogP contribution in [0.1, 0.15) is 23.0 Å². The second-order valence-corrected chi connectivity index (χ2v) is 11.5. The number of hydrogen-bond acceptors (Lipinski definition) is 7. The van der Waals surface area contributed by atoms with Gasteiger partial charge in [-0.05, 0) is 36.1 Å². The highest BCUT2D eigenvalue weighted by molar-refractivity contribution is 7.91. The summed E-state index contributed by atoms with van der Waals surface area (Å²) in [6, 6.07) is 13.4. The summed E-state index contributed by atoms with van der Waals surface area (Å²) in [7, 11) is -1.41. The number of aromatic nitrogens is 2. The maximum atomic E-state index is 13.3. The van der Waals surface area contributed by atoms with Gasteiger partial charge in [0.2, 0.25) is 0 Å². The third-order valence-electron chi connectivity index (χ3n) is 6.28. The third-order valence-corrected chi connectivity index (χ3v) is 8.92. The van der Waals surface area contributed by atoms with Gasteiger partial charge in [-0.3, -0.25) is 9.48 Å². The lowest BCUT2D eigenvalue weighted by molar-refractivity contribution is 0.0739. The summed E-state index contributed by atoms with van der Waals surface area (Å²) >= 11 is 1.56. The molecule has 3 aromatic rings. The van der Waals surface area contributed by atoms with E-state index in [0.29, 0.717) is 38.3 Å². The van der Waals surface area contributed by atoms with Crippen LogP contribution in [0.15, 0.2) is 47.8 Å². The lowest BCUT2D eigenvalue weighted by Gasteiger charge is -2.36. The van der Waals surface area contributed by atoms with E-state index in [2.05, 4.69) is 10.00 Å². The summed E-state index contributed by atoms with van der Waals surface area (Å²) in [4.78, 5) is 18.4. The van der Waals surface area contributed by atoms with Crippen LogP contribution in [0, 0.1) is 0 Å². The Kier molecular flexibility index (Phi) is 5.88. The summed E-state index contributed by atoms with van der Waals surface area (Å²) in [6.45, 7) is 2.56. The average molecular weight is 487 g/mol. The van der Waals surface area contributed by atoms with Gasteiger partial charge in [0.05, 0.1) is 40.9 Å². The Balaban J connectivity index is 1.36. The fourth-order valence-electron chi connectivity index (χ4n) is 4.56. The molecule has 1 amide bonds. The van der Waals surface area contributed by atoms with Crippen molar-refractivity contribution in [3.63, 3.8) is 0 Å². The van der Waals surface area contributed by atoms with Crippen LogP contribution < -0.4 is 9.64 Å². The van der Waals surface area contributed by atoms with Gasteiger partial charge in [0.15, 0.2) is 15.5 Å². The summed E-state index contributed by atoms with van der Waals surface area (Å²) in [6.07, 6.45) is 0.521. The number of sulfone groups is 1. The minimum absolute atomic E-state index is 0.0677. The Bertz CT molecular complexity index is 1250.